The molecule has 0 saturated heterocycles. The van der Waals surface area contributed by atoms with E-state index in [1.807, 2.05) is 24.3 Å². The summed E-state index contributed by atoms with van der Waals surface area (Å²) in [5, 5.41) is 17.6. The lowest BCUT2D eigenvalue weighted by Gasteiger charge is -2.06. The van der Waals surface area contributed by atoms with E-state index in [9.17, 15) is 9.59 Å². The fourth-order valence-electron chi connectivity index (χ4n) is 2.53. The molecule has 5 nitrogen and oxygen atoms in total. The van der Waals surface area contributed by atoms with Crippen LogP contribution in [0.2, 0.25) is 5.02 Å². The predicted octanol–water partition coefficient (Wildman–Crippen LogP) is 5.04. The molecule has 0 aromatic heterocycles. The highest BCUT2D eigenvalue weighted by Gasteiger charge is 2.05. The van der Waals surface area contributed by atoms with Crippen LogP contribution in [0.15, 0.2) is 55.1 Å². The number of halogens is 1. The molecule has 0 amide bonds. The average molecular weight is 419 g/mol. The summed E-state index contributed by atoms with van der Waals surface area (Å²) in [6.45, 7) is 8.23. The van der Waals surface area contributed by atoms with Crippen LogP contribution in [0.25, 0.3) is 0 Å². The first kappa shape index (κ1) is 24.2. The Labute approximate surface area is 176 Å². The minimum Gasteiger partial charge on any atom is -0.488 e. The lowest BCUT2D eigenvalue weighted by molar-refractivity contribution is -0.137. The lowest BCUT2D eigenvalue weighted by atomic mass is 10.0. The van der Waals surface area contributed by atoms with Crippen molar-refractivity contribution in [3.05, 3.63) is 76.8 Å². The first-order valence-electron chi connectivity index (χ1n) is 9.24. The quantitative estimate of drug-likeness (QED) is 0.557. The van der Waals surface area contributed by atoms with Gasteiger partial charge in [-0.2, -0.15) is 0 Å². The number of ether oxygens (including phenoxy) is 1. The van der Waals surface area contributed by atoms with Gasteiger partial charge in [0.1, 0.15) is 12.4 Å². The van der Waals surface area contributed by atoms with Gasteiger partial charge in [-0.3, -0.25) is 9.59 Å². The fraction of sp³-hybridized carbons (Fsp3) is 0.304. The molecule has 0 heterocycles. The summed E-state index contributed by atoms with van der Waals surface area (Å²) in [7, 11) is 0. The van der Waals surface area contributed by atoms with Crippen molar-refractivity contribution >= 4 is 23.5 Å². The highest BCUT2D eigenvalue weighted by molar-refractivity contribution is 6.32. The summed E-state index contributed by atoms with van der Waals surface area (Å²) in [6, 6.07) is 12.7. The first-order valence-corrected chi connectivity index (χ1v) is 9.62. The number of carboxylic acids is 2. The van der Waals surface area contributed by atoms with Crippen molar-refractivity contribution in [3.63, 3.8) is 0 Å². The number of hydrogen-bond acceptors (Lipinski definition) is 3. The monoisotopic (exact) mass is 418 g/mol. The van der Waals surface area contributed by atoms with Gasteiger partial charge in [-0.1, -0.05) is 68.4 Å². The first-order chi connectivity index (χ1) is 13.7. The standard InChI is InChI=1S/C12H16O2.C11H11ClO3/c1-9(2)7-10-3-5-11(6-4-10)8-12(13)14;1-2-5-15-10-4-3-8(6-9(10)12)7-11(13)14/h3-6,9H,7-8H2,1-2H3,(H,13,14);2-4,6H,1,5,7H2,(H,13,14). The second-order valence-electron chi connectivity index (χ2n) is 6.92. The van der Waals surface area contributed by atoms with E-state index in [2.05, 4.69) is 20.4 Å². The molecule has 6 heteroatoms. The average Bonchev–Trinajstić information content (AvgIpc) is 2.62. The lowest BCUT2D eigenvalue weighted by Crippen LogP contribution is -2.00. The van der Waals surface area contributed by atoms with E-state index in [-0.39, 0.29) is 12.8 Å². The Kier molecular flexibility index (Phi) is 10.6. The molecule has 0 saturated carbocycles. The molecule has 156 valence electrons. The number of aliphatic carboxylic acids is 2. The van der Waals surface area contributed by atoms with Crippen molar-refractivity contribution in [2.45, 2.75) is 33.1 Å². The smallest absolute Gasteiger partial charge is 0.307 e. The van der Waals surface area contributed by atoms with Crippen LogP contribution in [-0.4, -0.2) is 28.8 Å². The van der Waals surface area contributed by atoms with Gasteiger partial charge < -0.3 is 14.9 Å². The third-order valence-corrected chi connectivity index (χ3v) is 4.03. The molecule has 2 aromatic rings. The summed E-state index contributed by atoms with van der Waals surface area (Å²) in [6.07, 6.45) is 2.73. The van der Waals surface area contributed by atoms with Crippen LogP contribution in [0.1, 0.15) is 30.5 Å². The topological polar surface area (TPSA) is 83.8 Å². The Morgan fingerprint density at radius 3 is 2.00 bits per heavy atom. The second kappa shape index (κ2) is 12.6. The molecule has 29 heavy (non-hydrogen) atoms. The minimum atomic E-state index is -0.883. The van der Waals surface area contributed by atoms with Gasteiger partial charge in [-0.25, -0.2) is 0 Å². The Bertz CT molecular complexity index is 813. The number of carboxylic acid groups (broad SMARTS) is 2. The predicted molar refractivity (Wildman–Crippen MR) is 115 cm³/mol. The SMILES string of the molecule is C=CCOc1ccc(CC(=O)O)cc1Cl.CC(C)Cc1ccc(CC(=O)O)cc1. The Hall–Kier alpha value is -2.79. The number of carbonyl (C=O) groups is 2. The van der Waals surface area contributed by atoms with Crippen molar-refractivity contribution in [2.75, 3.05) is 6.61 Å². The van der Waals surface area contributed by atoms with E-state index in [1.165, 1.54) is 5.56 Å². The van der Waals surface area contributed by atoms with Crippen molar-refractivity contribution in [2.24, 2.45) is 5.92 Å². The third-order valence-electron chi connectivity index (χ3n) is 3.73. The van der Waals surface area contributed by atoms with Crippen LogP contribution in [0, 0.1) is 5.92 Å². The van der Waals surface area contributed by atoms with Crippen LogP contribution in [0.3, 0.4) is 0 Å². The minimum absolute atomic E-state index is 0.0402. The van der Waals surface area contributed by atoms with Gasteiger partial charge in [-0.05, 0) is 41.2 Å². The molecule has 0 unspecified atom stereocenters. The molecule has 0 radical (unpaired) electrons. The van der Waals surface area contributed by atoms with E-state index in [1.54, 1.807) is 24.3 Å². The molecule has 0 fully saturated rings. The molecule has 0 spiro atoms. The normalized spacial score (nSPS) is 10.1. The molecule has 0 atom stereocenters. The zero-order valence-corrected chi connectivity index (χ0v) is 17.5. The highest BCUT2D eigenvalue weighted by atomic mass is 35.5. The van der Waals surface area contributed by atoms with E-state index in [4.69, 9.17) is 26.6 Å². The van der Waals surface area contributed by atoms with E-state index in [0.29, 0.717) is 28.9 Å². The van der Waals surface area contributed by atoms with Gasteiger partial charge >= 0.3 is 11.9 Å². The molecule has 0 bridgehead atoms. The molecule has 2 N–H and O–H groups in total. The largest absolute Gasteiger partial charge is 0.488 e. The van der Waals surface area contributed by atoms with Gasteiger partial charge in [-0.15, -0.1) is 0 Å². The molecular weight excluding hydrogens is 392 g/mol. The summed E-state index contributed by atoms with van der Waals surface area (Å²) in [4.78, 5) is 20.9. The summed E-state index contributed by atoms with van der Waals surface area (Å²) in [5.74, 6) is -0.488. The van der Waals surface area contributed by atoms with Gasteiger partial charge in [0.25, 0.3) is 0 Å². The fourth-order valence-corrected chi connectivity index (χ4v) is 2.79. The zero-order chi connectivity index (χ0) is 21.8. The summed E-state index contributed by atoms with van der Waals surface area (Å²) < 4.78 is 5.25. The Balaban J connectivity index is 0.000000291. The van der Waals surface area contributed by atoms with Crippen LogP contribution in [0.5, 0.6) is 5.75 Å². The van der Waals surface area contributed by atoms with Crippen LogP contribution in [-0.2, 0) is 28.9 Å². The van der Waals surface area contributed by atoms with Crippen LogP contribution >= 0.6 is 11.6 Å². The maximum Gasteiger partial charge on any atom is 0.307 e. The number of rotatable bonds is 9. The van der Waals surface area contributed by atoms with Crippen molar-refractivity contribution in [1.82, 2.24) is 0 Å². The Morgan fingerprint density at radius 2 is 1.52 bits per heavy atom. The molecule has 0 aliphatic rings. The summed E-state index contributed by atoms with van der Waals surface area (Å²) in [5.41, 5.74) is 2.79. The summed E-state index contributed by atoms with van der Waals surface area (Å²) >= 11 is 5.90. The second-order valence-corrected chi connectivity index (χ2v) is 7.33. The van der Waals surface area contributed by atoms with Crippen LogP contribution < -0.4 is 4.74 Å². The maximum atomic E-state index is 10.4. The Morgan fingerprint density at radius 1 is 1.00 bits per heavy atom. The number of benzene rings is 2. The van der Waals surface area contributed by atoms with E-state index >= 15 is 0 Å². The molecule has 2 aromatic carbocycles. The van der Waals surface area contributed by atoms with Gasteiger partial charge in [0.2, 0.25) is 0 Å². The third kappa shape index (κ3) is 10.4. The molecule has 0 aliphatic carbocycles. The highest BCUT2D eigenvalue weighted by Crippen LogP contribution is 2.25. The van der Waals surface area contributed by atoms with Crippen LogP contribution in [0.4, 0.5) is 0 Å². The molecular formula is C23H27ClO5. The van der Waals surface area contributed by atoms with Crippen molar-refractivity contribution < 1.29 is 24.5 Å². The number of hydrogen-bond donors (Lipinski definition) is 2. The van der Waals surface area contributed by atoms with E-state index < -0.39 is 11.9 Å². The van der Waals surface area contributed by atoms with Gasteiger partial charge in [0.15, 0.2) is 0 Å². The molecule has 2 rings (SSSR count). The van der Waals surface area contributed by atoms with Crippen molar-refractivity contribution in [3.8, 4) is 5.75 Å². The van der Waals surface area contributed by atoms with E-state index in [0.717, 1.165) is 12.0 Å². The maximum absolute atomic E-state index is 10.4. The van der Waals surface area contributed by atoms with Gasteiger partial charge in [0, 0.05) is 0 Å². The zero-order valence-electron chi connectivity index (χ0n) is 16.7. The van der Waals surface area contributed by atoms with Crippen molar-refractivity contribution in [1.29, 1.82) is 0 Å². The molecule has 0 aliphatic heterocycles. The van der Waals surface area contributed by atoms with Gasteiger partial charge in [0.05, 0.1) is 17.9 Å².